The Morgan fingerprint density at radius 2 is 2.05 bits per heavy atom. The first kappa shape index (κ1) is 14.0. The number of nitrogens with zero attached hydrogens (tertiary/aromatic N) is 2. The van der Waals surface area contributed by atoms with Crippen molar-refractivity contribution in [3.63, 3.8) is 0 Å². The normalized spacial score (nSPS) is 18.3. The third-order valence-corrected chi connectivity index (χ3v) is 3.38. The van der Waals surface area contributed by atoms with Crippen LogP contribution in [-0.2, 0) is 16.0 Å². The molecule has 7 nitrogen and oxygen atoms in total. The van der Waals surface area contributed by atoms with Crippen LogP contribution in [0.1, 0.15) is 12.0 Å². The summed E-state index contributed by atoms with van der Waals surface area (Å²) in [7, 11) is 0. The van der Waals surface area contributed by atoms with Gasteiger partial charge in [0.15, 0.2) is 0 Å². The number of carboxylic acid groups (broad SMARTS) is 1. The van der Waals surface area contributed by atoms with Crippen molar-refractivity contribution in [1.29, 1.82) is 0 Å². The molecule has 1 fully saturated rings. The number of amides is 1. The highest BCUT2D eigenvalue weighted by Gasteiger charge is 2.33. The van der Waals surface area contributed by atoms with Gasteiger partial charge in [0.1, 0.15) is 0 Å². The number of hydrogen-bond acceptors (Lipinski definition) is 4. The van der Waals surface area contributed by atoms with E-state index in [2.05, 4.69) is 0 Å². The lowest BCUT2D eigenvalue weighted by molar-refractivity contribution is -0.384. The first-order valence-electron chi connectivity index (χ1n) is 6.21. The van der Waals surface area contributed by atoms with Crippen molar-refractivity contribution in [3.8, 4) is 0 Å². The molecular formula is C13H14N2O5. The van der Waals surface area contributed by atoms with Crippen LogP contribution in [0, 0.1) is 16.0 Å². The smallest absolute Gasteiger partial charge is 0.308 e. The van der Waals surface area contributed by atoms with Crippen molar-refractivity contribution < 1.29 is 19.6 Å². The van der Waals surface area contributed by atoms with Gasteiger partial charge in [0, 0.05) is 31.6 Å². The first-order valence-corrected chi connectivity index (χ1v) is 6.21. The number of benzene rings is 1. The van der Waals surface area contributed by atoms with Gasteiger partial charge in [-0.15, -0.1) is 0 Å². The SMILES string of the molecule is O=C(O)C1CC(=O)N(CCc2ccc([N+](=O)[O-])cc2)C1. The Labute approximate surface area is 115 Å². The van der Waals surface area contributed by atoms with Gasteiger partial charge in [0.25, 0.3) is 5.69 Å². The van der Waals surface area contributed by atoms with E-state index in [0.717, 1.165) is 5.56 Å². The van der Waals surface area contributed by atoms with Crippen LogP contribution in [0.4, 0.5) is 5.69 Å². The average molecular weight is 278 g/mol. The lowest BCUT2D eigenvalue weighted by atomic mass is 10.1. The number of hydrogen-bond donors (Lipinski definition) is 1. The largest absolute Gasteiger partial charge is 0.481 e. The number of non-ortho nitro benzene ring substituents is 1. The zero-order valence-electron chi connectivity index (χ0n) is 10.7. The van der Waals surface area contributed by atoms with E-state index in [1.54, 1.807) is 12.1 Å². The Morgan fingerprint density at radius 3 is 2.55 bits per heavy atom. The highest BCUT2D eigenvalue weighted by atomic mass is 16.6. The van der Waals surface area contributed by atoms with Gasteiger partial charge in [-0.3, -0.25) is 19.7 Å². The van der Waals surface area contributed by atoms with Gasteiger partial charge in [-0.1, -0.05) is 12.1 Å². The van der Waals surface area contributed by atoms with Crippen molar-refractivity contribution in [2.45, 2.75) is 12.8 Å². The van der Waals surface area contributed by atoms with Crippen LogP contribution in [0.5, 0.6) is 0 Å². The molecule has 0 aliphatic carbocycles. The molecule has 1 aromatic rings. The van der Waals surface area contributed by atoms with Crippen LogP contribution >= 0.6 is 0 Å². The lowest BCUT2D eigenvalue weighted by Gasteiger charge is -2.15. The van der Waals surface area contributed by atoms with Gasteiger partial charge in [-0.05, 0) is 12.0 Å². The number of nitro benzene ring substituents is 1. The maximum Gasteiger partial charge on any atom is 0.308 e. The van der Waals surface area contributed by atoms with Crippen LogP contribution in [-0.4, -0.2) is 39.9 Å². The predicted molar refractivity (Wildman–Crippen MR) is 69.1 cm³/mol. The molecule has 1 atom stereocenters. The molecular weight excluding hydrogens is 264 g/mol. The van der Waals surface area contributed by atoms with E-state index in [-0.39, 0.29) is 24.6 Å². The first-order chi connectivity index (χ1) is 9.47. The van der Waals surface area contributed by atoms with Gasteiger partial charge in [-0.25, -0.2) is 0 Å². The summed E-state index contributed by atoms with van der Waals surface area (Å²) in [5.74, 6) is -1.73. The maximum atomic E-state index is 11.6. The van der Waals surface area contributed by atoms with Crippen LogP contribution in [0.25, 0.3) is 0 Å². The molecule has 0 aromatic heterocycles. The Bertz CT molecular complexity index is 540. The number of carboxylic acids is 1. The molecule has 1 amide bonds. The summed E-state index contributed by atoms with van der Waals surface area (Å²) in [6.07, 6.45) is 0.603. The number of carbonyl (C=O) groups excluding carboxylic acids is 1. The molecule has 1 saturated heterocycles. The molecule has 20 heavy (non-hydrogen) atoms. The predicted octanol–water partition coefficient (Wildman–Crippen LogP) is 1.07. The standard InChI is InChI=1S/C13H14N2O5/c16-12-7-10(13(17)18)8-14(12)6-5-9-1-3-11(4-2-9)15(19)20/h1-4,10H,5-8H2,(H,17,18). The molecule has 106 valence electrons. The summed E-state index contributed by atoms with van der Waals surface area (Å²) in [4.78, 5) is 34.0. The highest BCUT2D eigenvalue weighted by Crippen LogP contribution is 2.19. The zero-order chi connectivity index (χ0) is 14.7. The van der Waals surface area contributed by atoms with Crippen molar-refractivity contribution >= 4 is 17.6 Å². The van der Waals surface area contributed by atoms with Crippen LogP contribution in [0.2, 0.25) is 0 Å². The van der Waals surface area contributed by atoms with Crippen LogP contribution in [0.3, 0.4) is 0 Å². The van der Waals surface area contributed by atoms with E-state index in [4.69, 9.17) is 5.11 Å². The minimum Gasteiger partial charge on any atom is -0.481 e. The third-order valence-electron chi connectivity index (χ3n) is 3.38. The van der Waals surface area contributed by atoms with E-state index >= 15 is 0 Å². The topological polar surface area (TPSA) is 101 Å². The van der Waals surface area contributed by atoms with E-state index in [1.807, 2.05) is 0 Å². The number of aliphatic carboxylic acids is 1. The molecule has 1 aliphatic rings. The lowest BCUT2D eigenvalue weighted by Crippen LogP contribution is -2.28. The Kier molecular flexibility index (Phi) is 3.97. The second-order valence-corrected chi connectivity index (χ2v) is 4.75. The van der Waals surface area contributed by atoms with Gasteiger partial charge in [-0.2, -0.15) is 0 Å². The Balaban J connectivity index is 1.91. The third kappa shape index (κ3) is 3.11. The molecule has 0 saturated carbocycles. The Hall–Kier alpha value is -2.44. The fourth-order valence-corrected chi connectivity index (χ4v) is 2.20. The summed E-state index contributed by atoms with van der Waals surface area (Å²) in [6.45, 7) is 0.668. The summed E-state index contributed by atoms with van der Waals surface area (Å²) < 4.78 is 0. The van der Waals surface area contributed by atoms with Crippen molar-refractivity contribution in [1.82, 2.24) is 4.90 Å². The van der Waals surface area contributed by atoms with Crippen LogP contribution in [0.15, 0.2) is 24.3 Å². The number of rotatable bonds is 5. The molecule has 1 aliphatic heterocycles. The van der Waals surface area contributed by atoms with E-state index in [1.165, 1.54) is 17.0 Å². The summed E-state index contributed by atoms with van der Waals surface area (Å²) in [5, 5.41) is 19.4. The van der Waals surface area contributed by atoms with Gasteiger partial charge in [0.05, 0.1) is 10.8 Å². The summed E-state index contributed by atoms with van der Waals surface area (Å²) in [6, 6.07) is 6.13. The quantitative estimate of drug-likeness (QED) is 0.641. The number of likely N-dealkylation sites (tertiary alicyclic amines) is 1. The molecule has 0 radical (unpaired) electrons. The summed E-state index contributed by atoms with van der Waals surface area (Å²) >= 11 is 0. The molecule has 7 heteroatoms. The Morgan fingerprint density at radius 1 is 1.40 bits per heavy atom. The minimum atomic E-state index is -0.948. The minimum absolute atomic E-state index is 0.0249. The molecule has 1 heterocycles. The van der Waals surface area contributed by atoms with Gasteiger partial charge >= 0.3 is 5.97 Å². The average Bonchev–Trinajstić information content (AvgIpc) is 2.78. The van der Waals surface area contributed by atoms with Crippen molar-refractivity contribution in [2.75, 3.05) is 13.1 Å². The second-order valence-electron chi connectivity index (χ2n) is 4.75. The van der Waals surface area contributed by atoms with E-state index < -0.39 is 16.8 Å². The van der Waals surface area contributed by atoms with E-state index in [9.17, 15) is 19.7 Å². The maximum absolute atomic E-state index is 11.6. The number of nitro groups is 1. The molecule has 2 rings (SSSR count). The molecule has 1 aromatic carbocycles. The second kappa shape index (κ2) is 5.68. The molecule has 1 N–H and O–H groups in total. The monoisotopic (exact) mass is 278 g/mol. The highest BCUT2D eigenvalue weighted by molar-refractivity contribution is 5.86. The fourth-order valence-electron chi connectivity index (χ4n) is 2.20. The van der Waals surface area contributed by atoms with Crippen molar-refractivity contribution in [2.24, 2.45) is 5.92 Å². The van der Waals surface area contributed by atoms with E-state index in [0.29, 0.717) is 13.0 Å². The van der Waals surface area contributed by atoms with Crippen LogP contribution < -0.4 is 0 Å². The molecule has 1 unspecified atom stereocenters. The fraction of sp³-hybridized carbons (Fsp3) is 0.385. The van der Waals surface area contributed by atoms with Gasteiger partial charge in [0.2, 0.25) is 5.91 Å². The molecule has 0 spiro atoms. The zero-order valence-corrected chi connectivity index (χ0v) is 10.7. The summed E-state index contributed by atoms with van der Waals surface area (Å²) in [5.41, 5.74) is 0.902. The number of carbonyl (C=O) groups is 2. The molecule has 0 bridgehead atoms. The van der Waals surface area contributed by atoms with Crippen molar-refractivity contribution in [3.05, 3.63) is 39.9 Å². The van der Waals surface area contributed by atoms with Gasteiger partial charge < -0.3 is 10.0 Å².